The minimum atomic E-state index is -5.08. The van der Waals surface area contributed by atoms with E-state index < -0.39 is 24.3 Å². The van der Waals surface area contributed by atoms with E-state index in [1.54, 1.807) is 38.7 Å². The SMILES string of the molecule is CNC(=O)c1ccc(-c2c(C)c(Cl)cc(C(C)n3ccc(=O)c4c(N)ncnc43)c2OC)cn1.O=C(O)C(F)(F)F.O=C(O)C(F)(F)F. The number of halogens is 7. The average molecular weight is 707 g/mol. The van der Waals surface area contributed by atoms with Crippen LogP contribution in [-0.4, -0.2) is 74.1 Å². The minimum absolute atomic E-state index is 0.119. The van der Waals surface area contributed by atoms with Gasteiger partial charge in [0.15, 0.2) is 5.43 Å². The van der Waals surface area contributed by atoms with E-state index in [4.69, 9.17) is 41.9 Å². The lowest BCUT2D eigenvalue weighted by Gasteiger charge is -2.24. The topological polar surface area (TPSA) is 200 Å². The summed E-state index contributed by atoms with van der Waals surface area (Å²) in [5, 5.41) is 17.6. The van der Waals surface area contributed by atoms with E-state index >= 15 is 0 Å². The maximum atomic E-state index is 12.4. The molecule has 13 nitrogen and oxygen atoms in total. The lowest BCUT2D eigenvalue weighted by atomic mass is 9.94. The molecule has 0 saturated heterocycles. The first kappa shape index (κ1) is 38.7. The van der Waals surface area contributed by atoms with Gasteiger partial charge in [-0.05, 0) is 31.5 Å². The molecule has 3 aromatic heterocycles. The van der Waals surface area contributed by atoms with Gasteiger partial charge in [-0.2, -0.15) is 26.3 Å². The Morgan fingerprint density at radius 3 is 2.04 bits per heavy atom. The van der Waals surface area contributed by atoms with Crippen molar-refractivity contribution in [2.45, 2.75) is 32.2 Å². The van der Waals surface area contributed by atoms with Gasteiger partial charge >= 0.3 is 24.3 Å². The number of amides is 1. The number of ether oxygens (including phenoxy) is 1. The second kappa shape index (κ2) is 15.4. The molecular weight excluding hydrogens is 682 g/mol. The zero-order valence-corrected chi connectivity index (χ0v) is 25.8. The highest BCUT2D eigenvalue weighted by atomic mass is 35.5. The van der Waals surface area contributed by atoms with E-state index in [2.05, 4.69) is 20.3 Å². The van der Waals surface area contributed by atoms with Crippen LogP contribution < -0.4 is 21.2 Å². The number of carbonyl (C=O) groups is 3. The molecule has 0 bridgehead atoms. The third kappa shape index (κ3) is 9.08. The number of nitrogens with zero attached hydrogens (tertiary/aromatic N) is 4. The van der Waals surface area contributed by atoms with Crippen LogP contribution in [0.2, 0.25) is 5.02 Å². The summed E-state index contributed by atoms with van der Waals surface area (Å²) in [5.41, 5.74) is 9.49. The summed E-state index contributed by atoms with van der Waals surface area (Å²) >= 11 is 6.66. The largest absolute Gasteiger partial charge is 0.496 e. The first-order valence-electron chi connectivity index (χ1n) is 12.9. The lowest BCUT2D eigenvalue weighted by Crippen LogP contribution is -2.21. The van der Waals surface area contributed by atoms with Gasteiger partial charge in [0.1, 0.15) is 34.6 Å². The summed E-state index contributed by atoms with van der Waals surface area (Å²) < 4.78 is 71.2. The molecule has 1 aromatic carbocycles. The smallest absolute Gasteiger partial charge is 0.490 e. The Balaban J connectivity index is 0.000000479. The van der Waals surface area contributed by atoms with Crippen LogP contribution in [-0.2, 0) is 9.59 Å². The Bertz CT molecular complexity index is 1860. The molecule has 0 radical (unpaired) electrons. The van der Waals surface area contributed by atoms with Crippen molar-refractivity contribution in [1.82, 2.24) is 24.8 Å². The summed E-state index contributed by atoms with van der Waals surface area (Å²) in [4.78, 5) is 54.6. The van der Waals surface area contributed by atoms with Crippen LogP contribution in [0.3, 0.4) is 0 Å². The third-order valence-electron chi connectivity index (χ3n) is 6.31. The molecule has 0 aliphatic rings. The van der Waals surface area contributed by atoms with Crippen molar-refractivity contribution in [2.24, 2.45) is 0 Å². The van der Waals surface area contributed by atoms with Gasteiger partial charge in [-0.1, -0.05) is 17.7 Å². The number of nitrogen functional groups attached to an aromatic ring is 1. The van der Waals surface area contributed by atoms with E-state index in [9.17, 15) is 35.9 Å². The van der Waals surface area contributed by atoms with Crippen molar-refractivity contribution in [1.29, 1.82) is 0 Å². The van der Waals surface area contributed by atoms with E-state index in [0.29, 0.717) is 22.1 Å². The molecule has 258 valence electrons. The number of methoxy groups -OCH3 is 1. The van der Waals surface area contributed by atoms with E-state index in [1.165, 1.54) is 12.4 Å². The van der Waals surface area contributed by atoms with E-state index in [0.717, 1.165) is 22.3 Å². The maximum absolute atomic E-state index is 12.4. The van der Waals surface area contributed by atoms with Crippen LogP contribution in [0.15, 0.2) is 47.8 Å². The number of alkyl halides is 6. The summed E-state index contributed by atoms with van der Waals surface area (Å²) in [6, 6.07) is 6.39. The third-order valence-corrected chi connectivity index (χ3v) is 6.70. The summed E-state index contributed by atoms with van der Waals surface area (Å²) in [5.74, 6) is -5.08. The minimum Gasteiger partial charge on any atom is -0.496 e. The van der Waals surface area contributed by atoms with Crippen molar-refractivity contribution >= 4 is 46.3 Å². The number of anilines is 1. The second-order valence-corrected chi connectivity index (χ2v) is 9.73. The number of carboxylic acid groups (broad SMARTS) is 2. The van der Waals surface area contributed by atoms with Gasteiger partial charge in [-0.15, -0.1) is 0 Å². The molecule has 0 spiro atoms. The Kier molecular flexibility index (Phi) is 12.4. The number of fused-ring (bicyclic) bond motifs is 1. The Morgan fingerprint density at radius 1 is 1.02 bits per heavy atom. The molecule has 0 aliphatic carbocycles. The van der Waals surface area contributed by atoms with Crippen molar-refractivity contribution in [3.63, 3.8) is 0 Å². The fourth-order valence-electron chi connectivity index (χ4n) is 4.01. The predicted molar refractivity (Wildman–Crippen MR) is 159 cm³/mol. The molecule has 0 saturated carbocycles. The summed E-state index contributed by atoms with van der Waals surface area (Å²) in [6.07, 6.45) is -5.57. The number of pyridine rings is 2. The molecule has 0 aliphatic heterocycles. The number of hydrogen-bond donors (Lipinski definition) is 4. The Hall–Kier alpha value is -5.46. The van der Waals surface area contributed by atoms with Gasteiger partial charge in [-0.25, -0.2) is 19.6 Å². The maximum Gasteiger partial charge on any atom is 0.490 e. The number of benzene rings is 1. The number of rotatable bonds is 5. The van der Waals surface area contributed by atoms with Gasteiger partial charge in [-0.3, -0.25) is 14.6 Å². The van der Waals surface area contributed by atoms with Crippen molar-refractivity contribution in [2.75, 3.05) is 19.9 Å². The molecule has 1 unspecified atom stereocenters. The van der Waals surface area contributed by atoms with E-state index in [1.807, 2.05) is 24.5 Å². The molecule has 3 heterocycles. The van der Waals surface area contributed by atoms with Gasteiger partial charge < -0.3 is 30.6 Å². The highest BCUT2D eigenvalue weighted by Gasteiger charge is 2.39. The summed E-state index contributed by atoms with van der Waals surface area (Å²) in [6.45, 7) is 3.84. The van der Waals surface area contributed by atoms with Crippen LogP contribution in [0.1, 0.15) is 34.6 Å². The molecule has 5 N–H and O–H groups in total. The number of aromatic nitrogens is 4. The number of carboxylic acids is 2. The first-order valence-corrected chi connectivity index (χ1v) is 13.3. The second-order valence-electron chi connectivity index (χ2n) is 9.32. The highest BCUT2D eigenvalue weighted by Crippen LogP contribution is 2.43. The number of nitrogens with one attached hydrogen (secondary N) is 1. The zero-order chi connectivity index (χ0) is 36.7. The standard InChI is InChI=1S/C24H23ClN6O3.2C2HF3O2/c1-12-16(25)9-15(13(2)31-8-7-18(32)20-22(26)29-11-30-23(20)31)21(34-4)19(12)14-5-6-17(28-10-14)24(33)27-3;2*3-2(4,5)1(6)7/h5-11,13H,1-4H3,(H,27,33)(H2,26,29,30);2*(H,6,7). The number of aliphatic carboxylic acids is 2. The molecule has 0 fully saturated rings. The molecule has 4 rings (SSSR count). The van der Waals surface area contributed by atoms with Gasteiger partial charge in [0.25, 0.3) is 5.91 Å². The fourth-order valence-corrected chi connectivity index (χ4v) is 4.22. The first-order chi connectivity index (χ1) is 22.2. The molecule has 20 heteroatoms. The van der Waals surface area contributed by atoms with Crippen molar-refractivity contribution in [3.8, 4) is 16.9 Å². The van der Waals surface area contributed by atoms with Crippen LogP contribution >= 0.6 is 11.6 Å². The van der Waals surface area contributed by atoms with Crippen LogP contribution in [0, 0.1) is 6.92 Å². The monoisotopic (exact) mass is 706 g/mol. The normalized spacial score (nSPS) is 11.7. The zero-order valence-electron chi connectivity index (χ0n) is 25.1. The van der Waals surface area contributed by atoms with E-state index in [-0.39, 0.29) is 28.6 Å². The van der Waals surface area contributed by atoms with Gasteiger partial charge in [0.2, 0.25) is 0 Å². The molecule has 4 aromatic rings. The Morgan fingerprint density at radius 2 is 1.58 bits per heavy atom. The van der Waals surface area contributed by atoms with Crippen LogP contribution in [0.4, 0.5) is 32.2 Å². The number of hydrogen-bond acceptors (Lipinski definition) is 9. The highest BCUT2D eigenvalue weighted by molar-refractivity contribution is 6.32. The van der Waals surface area contributed by atoms with Crippen LogP contribution in [0.25, 0.3) is 22.2 Å². The van der Waals surface area contributed by atoms with Crippen molar-refractivity contribution < 1.29 is 55.7 Å². The predicted octanol–water partition coefficient (Wildman–Crippen LogP) is 4.64. The van der Waals surface area contributed by atoms with Gasteiger partial charge in [0.05, 0.1) is 13.2 Å². The van der Waals surface area contributed by atoms with Crippen LogP contribution in [0.5, 0.6) is 5.75 Å². The summed E-state index contributed by atoms with van der Waals surface area (Å²) in [7, 11) is 3.13. The Labute approximate surface area is 271 Å². The lowest BCUT2D eigenvalue weighted by molar-refractivity contribution is -0.193. The van der Waals surface area contributed by atoms with Crippen molar-refractivity contribution in [3.05, 3.63) is 75.1 Å². The fraction of sp³-hybridized carbons (Fsp3) is 0.250. The molecule has 48 heavy (non-hydrogen) atoms. The molecular formula is C28H25ClF6N6O7. The average Bonchev–Trinajstić information content (AvgIpc) is 3.01. The number of carbonyl (C=O) groups excluding carboxylic acids is 1. The number of nitrogens with two attached hydrogens (primary N) is 1. The molecule has 1 amide bonds. The molecule has 1 atom stereocenters. The van der Waals surface area contributed by atoms with Gasteiger partial charge in [0, 0.05) is 47.2 Å². The quantitative estimate of drug-likeness (QED) is 0.211.